The third kappa shape index (κ3) is 5.15. The van der Waals surface area contributed by atoms with E-state index in [1.165, 1.54) is 12.1 Å². The molecule has 0 atom stereocenters. The number of halogens is 1. The minimum atomic E-state index is -3.69. The lowest BCUT2D eigenvalue weighted by Gasteiger charge is -2.09. The van der Waals surface area contributed by atoms with Gasteiger partial charge in [0.1, 0.15) is 0 Å². The average molecular weight is 446 g/mol. The molecule has 8 heteroatoms. The largest absolute Gasteiger partial charge is 0.348 e. The fourth-order valence-corrected chi connectivity index (χ4v) is 3.63. The van der Waals surface area contributed by atoms with Gasteiger partial charge in [-0.05, 0) is 60.2 Å². The maximum atomic E-state index is 12.4. The Balaban J connectivity index is 1.64. The van der Waals surface area contributed by atoms with Crippen LogP contribution in [0, 0.1) is 0 Å². The quantitative estimate of drug-likeness (QED) is 0.606. The molecule has 6 nitrogen and oxygen atoms in total. The molecule has 0 aliphatic heterocycles. The second-order valence-corrected chi connectivity index (χ2v) is 8.28. The van der Waals surface area contributed by atoms with Gasteiger partial charge in [0.2, 0.25) is 0 Å². The average Bonchev–Trinajstić information content (AvgIpc) is 2.67. The number of sulfonamides is 1. The van der Waals surface area contributed by atoms with E-state index < -0.39 is 10.0 Å². The molecule has 0 fully saturated rings. The fourth-order valence-electron chi connectivity index (χ4n) is 2.30. The summed E-state index contributed by atoms with van der Waals surface area (Å²) in [4.78, 5) is 16.3. The summed E-state index contributed by atoms with van der Waals surface area (Å²) in [6.45, 7) is 0.366. The predicted octanol–water partition coefficient (Wildman–Crippen LogP) is 3.57. The number of benzene rings is 2. The lowest BCUT2D eigenvalue weighted by Crippen LogP contribution is -2.22. The van der Waals surface area contributed by atoms with Gasteiger partial charge in [0, 0.05) is 34.7 Å². The number of carbonyl (C=O) groups is 1. The van der Waals surface area contributed by atoms with Crippen molar-refractivity contribution in [3.63, 3.8) is 0 Å². The third-order valence-electron chi connectivity index (χ3n) is 3.70. The molecule has 0 saturated heterocycles. The Hall–Kier alpha value is -2.71. The van der Waals surface area contributed by atoms with Crippen LogP contribution in [0.4, 0.5) is 5.69 Å². The molecule has 0 bridgehead atoms. The van der Waals surface area contributed by atoms with Crippen LogP contribution in [0.1, 0.15) is 15.9 Å². The Labute approximate surface area is 165 Å². The molecule has 1 heterocycles. The zero-order valence-corrected chi connectivity index (χ0v) is 16.5. The summed E-state index contributed by atoms with van der Waals surface area (Å²) in [7, 11) is -3.69. The number of hydrogen-bond donors (Lipinski definition) is 2. The molecule has 2 N–H and O–H groups in total. The lowest BCUT2D eigenvalue weighted by atomic mass is 10.2. The molecule has 1 amide bonds. The van der Waals surface area contributed by atoms with E-state index in [4.69, 9.17) is 0 Å². The highest BCUT2D eigenvalue weighted by Gasteiger charge is 2.14. The van der Waals surface area contributed by atoms with Gasteiger partial charge in [-0.15, -0.1) is 0 Å². The van der Waals surface area contributed by atoms with E-state index in [9.17, 15) is 13.2 Å². The fraction of sp³-hybridized carbons (Fsp3) is 0.0526. The molecular formula is C19H16BrN3O3S. The third-order valence-corrected chi connectivity index (χ3v) is 5.62. The highest BCUT2D eigenvalue weighted by atomic mass is 79.9. The summed E-state index contributed by atoms with van der Waals surface area (Å²) in [5, 5.41) is 2.79. The number of nitrogens with one attached hydrogen (secondary N) is 2. The van der Waals surface area contributed by atoms with Crippen molar-refractivity contribution in [1.29, 1.82) is 0 Å². The molecule has 0 unspecified atom stereocenters. The summed E-state index contributed by atoms with van der Waals surface area (Å²) in [6.07, 6.45) is 3.35. The molecule has 1 aromatic heterocycles. The van der Waals surface area contributed by atoms with Crippen molar-refractivity contribution >= 4 is 37.5 Å². The van der Waals surface area contributed by atoms with Crippen molar-refractivity contribution in [2.24, 2.45) is 0 Å². The minimum absolute atomic E-state index is 0.156. The first-order chi connectivity index (χ1) is 12.9. The van der Waals surface area contributed by atoms with E-state index in [0.29, 0.717) is 17.8 Å². The summed E-state index contributed by atoms with van der Waals surface area (Å²) >= 11 is 3.27. The molecule has 138 valence electrons. The second kappa shape index (κ2) is 8.32. The summed E-state index contributed by atoms with van der Waals surface area (Å²) in [6, 6.07) is 16.2. The Morgan fingerprint density at radius 1 is 1.00 bits per heavy atom. The Bertz CT molecular complexity index is 1020. The predicted molar refractivity (Wildman–Crippen MR) is 107 cm³/mol. The zero-order valence-electron chi connectivity index (χ0n) is 14.1. The molecule has 0 aliphatic carbocycles. The van der Waals surface area contributed by atoms with E-state index in [1.54, 1.807) is 54.9 Å². The molecule has 0 spiro atoms. The van der Waals surface area contributed by atoms with Gasteiger partial charge in [-0.2, -0.15) is 0 Å². The maximum absolute atomic E-state index is 12.4. The normalized spacial score (nSPS) is 11.0. The van der Waals surface area contributed by atoms with Crippen LogP contribution < -0.4 is 10.0 Å². The standard InChI is InChI=1S/C19H16BrN3O3S/c20-16-5-9-18(10-6-16)27(25,26)23-17-7-3-15(4-8-17)19(24)22-13-14-2-1-11-21-12-14/h1-12,23H,13H2,(H,22,24). The van der Waals surface area contributed by atoms with Crippen LogP contribution >= 0.6 is 15.9 Å². The van der Waals surface area contributed by atoms with Crippen LogP contribution in [0.3, 0.4) is 0 Å². The monoisotopic (exact) mass is 445 g/mol. The van der Waals surface area contributed by atoms with Crippen LogP contribution in [-0.4, -0.2) is 19.3 Å². The van der Waals surface area contributed by atoms with Gasteiger partial charge in [-0.3, -0.25) is 14.5 Å². The molecular weight excluding hydrogens is 430 g/mol. The van der Waals surface area contributed by atoms with Gasteiger partial charge >= 0.3 is 0 Å². The number of pyridine rings is 1. The van der Waals surface area contributed by atoms with Gasteiger partial charge in [-0.1, -0.05) is 22.0 Å². The molecule has 27 heavy (non-hydrogen) atoms. The van der Waals surface area contributed by atoms with Crippen molar-refractivity contribution < 1.29 is 13.2 Å². The zero-order chi connectivity index (χ0) is 19.3. The van der Waals surface area contributed by atoms with Crippen LogP contribution in [0.2, 0.25) is 0 Å². The molecule has 0 saturated carbocycles. The number of anilines is 1. The van der Waals surface area contributed by atoms with Crippen LogP contribution in [-0.2, 0) is 16.6 Å². The van der Waals surface area contributed by atoms with Gasteiger partial charge in [0.15, 0.2) is 0 Å². The first-order valence-corrected chi connectivity index (χ1v) is 10.3. The molecule has 0 aliphatic rings. The van der Waals surface area contributed by atoms with Gasteiger partial charge in [0.25, 0.3) is 15.9 Å². The number of hydrogen-bond acceptors (Lipinski definition) is 4. The van der Waals surface area contributed by atoms with Crippen LogP contribution in [0.5, 0.6) is 0 Å². The van der Waals surface area contributed by atoms with Crippen molar-refractivity contribution in [1.82, 2.24) is 10.3 Å². The van der Waals surface area contributed by atoms with E-state index in [1.807, 2.05) is 6.07 Å². The number of rotatable bonds is 6. The van der Waals surface area contributed by atoms with Crippen molar-refractivity contribution in [3.8, 4) is 0 Å². The van der Waals surface area contributed by atoms with Gasteiger partial charge in [0.05, 0.1) is 4.90 Å². The van der Waals surface area contributed by atoms with Gasteiger partial charge in [-0.25, -0.2) is 8.42 Å². The van der Waals surface area contributed by atoms with E-state index in [0.717, 1.165) is 10.0 Å². The molecule has 2 aromatic carbocycles. The number of amides is 1. The van der Waals surface area contributed by atoms with Crippen molar-refractivity contribution in [2.45, 2.75) is 11.4 Å². The van der Waals surface area contributed by atoms with Crippen molar-refractivity contribution in [2.75, 3.05) is 4.72 Å². The highest BCUT2D eigenvalue weighted by Crippen LogP contribution is 2.19. The number of nitrogens with zero attached hydrogens (tertiary/aromatic N) is 1. The Morgan fingerprint density at radius 3 is 2.33 bits per heavy atom. The summed E-state index contributed by atoms with van der Waals surface area (Å²) < 4.78 is 28.0. The first kappa shape index (κ1) is 19.1. The van der Waals surface area contributed by atoms with Crippen LogP contribution in [0.15, 0.2) is 82.4 Å². The Morgan fingerprint density at radius 2 is 1.70 bits per heavy atom. The molecule has 3 rings (SSSR count). The van der Waals surface area contributed by atoms with E-state index >= 15 is 0 Å². The van der Waals surface area contributed by atoms with E-state index in [2.05, 4.69) is 31.0 Å². The van der Waals surface area contributed by atoms with Gasteiger partial charge < -0.3 is 5.32 Å². The van der Waals surface area contributed by atoms with E-state index in [-0.39, 0.29) is 10.8 Å². The lowest BCUT2D eigenvalue weighted by molar-refractivity contribution is 0.0951. The summed E-state index contributed by atoms with van der Waals surface area (Å²) in [5.41, 5.74) is 1.71. The first-order valence-electron chi connectivity index (χ1n) is 7.99. The SMILES string of the molecule is O=C(NCc1cccnc1)c1ccc(NS(=O)(=O)c2ccc(Br)cc2)cc1. The second-order valence-electron chi connectivity index (χ2n) is 5.68. The topological polar surface area (TPSA) is 88.2 Å². The van der Waals surface area contributed by atoms with Crippen molar-refractivity contribution in [3.05, 3.63) is 88.7 Å². The smallest absolute Gasteiger partial charge is 0.261 e. The number of aromatic nitrogens is 1. The molecule has 3 aromatic rings. The maximum Gasteiger partial charge on any atom is 0.261 e. The Kier molecular flexibility index (Phi) is 5.88. The highest BCUT2D eigenvalue weighted by molar-refractivity contribution is 9.10. The number of carbonyl (C=O) groups excluding carboxylic acids is 1. The minimum Gasteiger partial charge on any atom is -0.348 e. The summed E-state index contributed by atoms with van der Waals surface area (Å²) in [5.74, 6) is -0.249. The molecule has 0 radical (unpaired) electrons. The van der Waals surface area contributed by atoms with Crippen LogP contribution in [0.25, 0.3) is 0 Å².